The van der Waals surface area contributed by atoms with Crippen molar-refractivity contribution in [1.82, 2.24) is 0 Å². The van der Waals surface area contributed by atoms with Crippen molar-refractivity contribution in [3.63, 3.8) is 0 Å². The van der Waals surface area contributed by atoms with Crippen LogP contribution in [-0.4, -0.2) is 5.24 Å². The zero-order chi connectivity index (χ0) is 10.7. The minimum atomic E-state index is -0.456. The van der Waals surface area contributed by atoms with E-state index in [2.05, 4.69) is 0 Å². The smallest absolute Gasteiger partial charge is 0.245 e. The summed E-state index contributed by atoms with van der Waals surface area (Å²) >= 11 is 5.25. The van der Waals surface area contributed by atoms with Crippen molar-refractivity contribution >= 4 is 33.7 Å². The summed E-state index contributed by atoms with van der Waals surface area (Å²) in [5.41, 5.74) is 1.00. The van der Waals surface area contributed by atoms with Gasteiger partial charge in [-0.1, -0.05) is 42.5 Å². The first kappa shape index (κ1) is 9.94. The molecule has 2 heteroatoms. The van der Waals surface area contributed by atoms with Gasteiger partial charge in [0.05, 0.1) is 0 Å². The largest absolute Gasteiger partial charge is 0.276 e. The van der Waals surface area contributed by atoms with Gasteiger partial charge >= 0.3 is 0 Å². The maximum Gasteiger partial charge on any atom is 0.245 e. The topological polar surface area (TPSA) is 17.1 Å². The number of hydrogen-bond donors (Lipinski definition) is 0. The summed E-state index contributed by atoms with van der Waals surface area (Å²) in [6.45, 7) is 0. The minimum Gasteiger partial charge on any atom is -0.276 e. The van der Waals surface area contributed by atoms with Crippen molar-refractivity contribution in [3.8, 4) is 0 Å². The Labute approximate surface area is 93.0 Å². The zero-order valence-electron chi connectivity index (χ0n) is 7.98. The van der Waals surface area contributed by atoms with Crippen LogP contribution in [0, 0.1) is 0 Å². The Morgan fingerprint density at radius 2 is 1.80 bits per heavy atom. The molecule has 0 aromatic heterocycles. The molecule has 0 heterocycles. The number of allylic oxidation sites excluding steroid dienone is 1. The Bertz CT molecular complexity index is 524. The second kappa shape index (κ2) is 4.28. The van der Waals surface area contributed by atoms with Gasteiger partial charge in [0.2, 0.25) is 5.24 Å². The first-order valence-electron chi connectivity index (χ1n) is 4.63. The molecule has 1 nitrogen and oxygen atoms in total. The van der Waals surface area contributed by atoms with Gasteiger partial charge in [-0.2, -0.15) is 0 Å². The fourth-order valence-corrected chi connectivity index (χ4v) is 1.61. The van der Waals surface area contributed by atoms with E-state index >= 15 is 0 Å². The van der Waals surface area contributed by atoms with Crippen LogP contribution in [0.5, 0.6) is 0 Å². The molecular formula is C13H9ClO. The average Bonchev–Trinajstić information content (AvgIpc) is 2.26. The van der Waals surface area contributed by atoms with Gasteiger partial charge in [-0.25, -0.2) is 0 Å². The van der Waals surface area contributed by atoms with E-state index in [0.717, 1.165) is 16.3 Å². The molecule has 0 unspecified atom stereocenters. The molecule has 0 fully saturated rings. The average molecular weight is 217 g/mol. The fraction of sp³-hybridized carbons (Fsp3) is 0. The molecule has 2 aromatic carbocycles. The van der Waals surface area contributed by atoms with E-state index < -0.39 is 5.24 Å². The van der Waals surface area contributed by atoms with E-state index in [-0.39, 0.29) is 0 Å². The molecule has 0 aliphatic heterocycles. The second-order valence-corrected chi connectivity index (χ2v) is 3.58. The Kier molecular flexibility index (Phi) is 2.84. The van der Waals surface area contributed by atoms with Crippen molar-refractivity contribution < 1.29 is 4.79 Å². The number of halogens is 1. The molecule has 0 saturated heterocycles. The van der Waals surface area contributed by atoms with Crippen LogP contribution < -0.4 is 0 Å². The van der Waals surface area contributed by atoms with Crippen LogP contribution in [0.25, 0.3) is 16.8 Å². The molecule has 2 aromatic rings. The summed E-state index contributed by atoms with van der Waals surface area (Å²) in [4.78, 5) is 10.6. The SMILES string of the molecule is O=C(Cl)C=Cc1cccc2ccccc12. The van der Waals surface area contributed by atoms with E-state index in [9.17, 15) is 4.79 Å². The highest BCUT2D eigenvalue weighted by atomic mass is 35.5. The quantitative estimate of drug-likeness (QED) is 0.554. The molecule has 2 rings (SSSR count). The molecule has 74 valence electrons. The molecule has 0 saturated carbocycles. The molecule has 0 spiro atoms. The predicted molar refractivity (Wildman–Crippen MR) is 63.8 cm³/mol. The predicted octanol–water partition coefficient (Wildman–Crippen LogP) is 3.62. The lowest BCUT2D eigenvalue weighted by Gasteiger charge is -2.00. The number of rotatable bonds is 2. The summed E-state index contributed by atoms with van der Waals surface area (Å²) in [7, 11) is 0. The molecule has 0 bridgehead atoms. The third-order valence-electron chi connectivity index (χ3n) is 2.22. The molecule has 0 N–H and O–H groups in total. The van der Waals surface area contributed by atoms with Crippen LogP contribution in [0.1, 0.15) is 5.56 Å². The number of carbonyl (C=O) groups excluding carboxylic acids is 1. The third kappa shape index (κ3) is 2.25. The van der Waals surface area contributed by atoms with Crippen LogP contribution in [0.4, 0.5) is 0 Å². The monoisotopic (exact) mass is 216 g/mol. The van der Waals surface area contributed by atoms with Crippen LogP contribution in [-0.2, 0) is 4.79 Å². The van der Waals surface area contributed by atoms with Gasteiger partial charge in [0.25, 0.3) is 0 Å². The standard InChI is InChI=1S/C13H9ClO/c14-13(15)9-8-11-6-3-5-10-4-1-2-7-12(10)11/h1-9H. The number of hydrogen-bond acceptors (Lipinski definition) is 1. The fourth-order valence-electron chi connectivity index (χ4n) is 1.55. The van der Waals surface area contributed by atoms with E-state index in [4.69, 9.17) is 11.6 Å². The Morgan fingerprint density at radius 1 is 1.07 bits per heavy atom. The highest BCUT2D eigenvalue weighted by molar-refractivity contribution is 6.66. The first-order valence-corrected chi connectivity index (χ1v) is 5.00. The summed E-state index contributed by atoms with van der Waals surface area (Å²) in [6.07, 6.45) is 3.10. The molecule has 0 atom stereocenters. The van der Waals surface area contributed by atoms with E-state index in [1.807, 2.05) is 42.5 Å². The van der Waals surface area contributed by atoms with Gasteiger partial charge in [0.1, 0.15) is 0 Å². The van der Waals surface area contributed by atoms with Crippen LogP contribution in [0.2, 0.25) is 0 Å². The maximum absolute atomic E-state index is 10.6. The van der Waals surface area contributed by atoms with Gasteiger partial charge in [0.15, 0.2) is 0 Å². The van der Waals surface area contributed by atoms with Crippen LogP contribution in [0.15, 0.2) is 48.5 Å². The molecule has 15 heavy (non-hydrogen) atoms. The van der Waals surface area contributed by atoms with Crippen molar-refractivity contribution in [3.05, 3.63) is 54.1 Å². The van der Waals surface area contributed by atoms with Gasteiger partial charge < -0.3 is 0 Å². The van der Waals surface area contributed by atoms with E-state index in [0.29, 0.717) is 0 Å². The van der Waals surface area contributed by atoms with Crippen LogP contribution in [0.3, 0.4) is 0 Å². The Balaban J connectivity index is 2.56. The molecule has 0 amide bonds. The third-order valence-corrected chi connectivity index (χ3v) is 2.34. The van der Waals surface area contributed by atoms with Crippen LogP contribution >= 0.6 is 11.6 Å². The minimum absolute atomic E-state index is 0.456. The molecule has 0 aliphatic rings. The van der Waals surface area contributed by atoms with Crippen molar-refractivity contribution in [2.45, 2.75) is 0 Å². The molecule has 0 radical (unpaired) electrons. The van der Waals surface area contributed by atoms with Gasteiger partial charge in [0, 0.05) is 0 Å². The van der Waals surface area contributed by atoms with Gasteiger partial charge in [-0.05, 0) is 40.1 Å². The second-order valence-electron chi connectivity index (χ2n) is 3.21. The maximum atomic E-state index is 10.6. The highest BCUT2D eigenvalue weighted by Gasteiger charge is 1.96. The van der Waals surface area contributed by atoms with Crippen molar-refractivity contribution in [2.75, 3.05) is 0 Å². The highest BCUT2D eigenvalue weighted by Crippen LogP contribution is 2.19. The Hall–Kier alpha value is -1.60. The zero-order valence-corrected chi connectivity index (χ0v) is 8.74. The van der Waals surface area contributed by atoms with Gasteiger partial charge in [-0.15, -0.1) is 0 Å². The Morgan fingerprint density at radius 3 is 2.60 bits per heavy atom. The first-order chi connectivity index (χ1) is 7.27. The molecular weight excluding hydrogens is 208 g/mol. The lowest BCUT2D eigenvalue weighted by Crippen LogP contribution is -1.79. The lowest BCUT2D eigenvalue weighted by atomic mass is 10.0. The normalized spacial score (nSPS) is 11.0. The summed E-state index contributed by atoms with van der Waals surface area (Å²) in [5.74, 6) is 0. The van der Waals surface area contributed by atoms with Gasteiger partial charge in [-0.3, -0.25) is 4.79 Å². The van der Waals surface area contributed by atoms with Crippen molar-refractivity contribution in [1.29, 1.82) is 0 Å². The van der Waals surface area contributed by atoms with E-state index in [1.54, 1.807) is 6.08 Å². The molecule has 0 aliphatic carbocycles. The summed E-state index contributed by atoms with van der Waals surface area (Å²) in [6, 6.07) is 14.0. The van der Waals surface area contributed by atoms with E-state index in [1.165, 1.54) is 6.08 Å². The number of fused-ring (bicyclic) bond motifs is 1. The number of carbonyl (C=O) groups is 1. The lowest BCUT2D eigenvalue weighted by molar-refractivity contribution is -0.107. The number of benzene rings is 2. The van der Waals surface area contributed by atoms with Crippen molar-refractivity contribution in [2.24, 2.45) is 0 Å². The summed E-state index contributed by atoms with van der Waals surface area (Å²) < 4.78 is 0. The summed E-state index contributed by atoms with van der Waals surface area (Å²) in [5, 5.41) is 1.82.